The van der Waals surface area contributed by atoms with Gasteiger partial charge in [-0.3, -0.25) is 0 Å². The molecule has 0 aromatic rings. The van der Waals surface area contributed by atoms with Crippen LogP contribution in [0.5, 0.6) is 0 Å². The molecule has 0 spiro atoms. The van der Waals surface area contributed by atoms with Crippen molar-refractivity contribution < 1.29 is 0 Å². The van der Waals surface area contributed by atoms with Crippen LogP contribution in [0.3, 0.4) is 0 Å². The van der Waals surface area contributed by atoms with E-state index in [4.69, 9.17) is 5.73 Å². The van der Waals surface area contributed by atoms with Gasteiger partial charge in [0.25, 0.3) is 0 Å². The molecule has 0 aromatic carbocycles. The summed E-state index contributed by atoms with van der Waals surface area (Å²) in [6.45, 7) is 3.95. The first-order valence-corrected chi connectivity index (χ1v) is 3.39. The summed E-state index contributed by atoms with van der Waals surface area (Å²) < 4.78 is 0. The van der Waals surface area contributed by atoms with Crippen LogP contribution in [0.4, 0.5) is 0 Å². The predicted octanol–water partition coefficient (Wildman–Crippen LogP) is 1.34. The average molecular weight is 112 g/mol. The fourth-order valence-electron chi connectivity index (χ4n) is 1.24. The van der Waals surface area contributed by atoms with E-state index in [9.17, 15) is 0 Å². The highest BCUT2D eigenvalue weighted by molar-refractivity contribution is 4.78. The van der Waals surface area contributed by atoms with Crippen LogP contribution in [0.15, 0.2) is 0 Å². The molecular weight excluding hydrogens is 98.1 g/mol. The summed E-state index contributed by atoms with van der Waals surface area (Å²) in [6, 6.07) is 0.392. The first-order valence-electron chi connectivity index (χ1n) is 3.39. The Balaban J connectivity index is 2.28. The van der Waals surface area contributed by atoms with Crippen molar-refractivity contribution in [2.45, 2.75) is 31.7 Å². The summed E-state index contributed by atoms with van der Waals surface area (Å²) in [6.07, 6.45) is 5.07. The number of rotatable bonds is 0. The van der Waals surface area contributed by atoms with Gasteiger partial charge < -0.3 is 5.73 Å². The molecule has 0 heterocycles. The lowest BCUT2D eigenvalue weighted by Crippen LogP contribution is -2.30. The lowest BCUT2D eigenvalue weighted by molar-refractivity contribution is 0.359. The zero-order valence-electron chi connectivity index (χ0n) is 5.27. The van der Waals surface area contributed by atoms with Gasteiger partial charge in [0, 0.05) is 6.04 Å². The zero-order valence-corrected chi connectivity index (χ0v) is 5.27. The first kappa shape index (κ1) is 5.96. The topological polar surface area (TPSA) is 26.0 Å². The molecular formula is C7H14N+. The van der Waals surface area contributed by atoms with Gasteiger partial charge in [-0.05, 0) is 19.3 Å². The van der Waals surface area contributed by atoms with E-state index in [1.807, 2.05) is 0 Å². The van der Waals surface area contributed by atoms with Crippen LogP contribution in [0.2, 0.25) is 0 Å². The second-order valence-corrected chi connectivity index (χ2v) is 2.71. The van der Waals surface area contributed by atoms with Crippen LogP contribution in [0.25, 0.3) is 0 Å². The second-order valence-electron chi connectivity index (χ2n) is 2.71. The number of hydrogen-bond acceptors (Lipinski definition) is 1. The molecule has 0 saturated heterocycles. The quantitative estimate of drug-likeness (QED) is 0.470. The SMILES string of the molecule is [CH2+][C@H]1CCCC[C@@H]1N. The Kier molecular flexibility index (Phi) is 1.79. The van der Waals surface area contributed by atoms with Gasteiger partial charge in [0.1, 0.15) is 5.92 Å². The smallest absolute Gasteiger partial charge is 0.110 e. The van der Waals surface area contributed by atoms with Gasteiger partial charge in [0.2, 0.25) is 0 Å². The molecule has 0 aromatic heterocycles. The Morgan fingerprint density at radius 2 is 1.88 bits per heavy atom. The van der Waals surface area contributed by atoms with E-state index < -0.39 is 0 Å². The van der Waals surface area contributed by atoms with Crippen molar-refractivity contribution in [3.8, 4) is 0 Å². The molecule has 1 heteroatoms. The van der Waals surface area contributed by atoms with E-state index in [2.05, 4.69) is 6.92 Å². The molecule has 2 atom stereocenters. The summed E-state index contributed by atoms with van der Waals surface area (Å²) in [5, 5.41) is 0. The van der Waals surface area contributed by atoms with E-state index in [0.29, 0.717) is 12.0 Å². The Bertz CT molecular complexity index is 60.8. The molecule has 0 aliphatic heterocycles. The number of hydrogen-bond donors (Lipinski definition) is 1. The van der Waals surface area contributed by atoms with Crippen molar-refractivity contribution in [1.82, 2.24) is 0 Å². The molecule has 0 bridgehead atoms. The van der Waals surface area contributed by atoms with E-state index in [1.165, 1.54) is 25.7 Å². The molecule has 1 saturated carbocycles. The third-order valence-electron chi connectivity index (χ3n) is 1.97. The molecule has 1 aliphatic carbocycles. The van der Waals surface area contributed by atoms with Crippen LogP contribution in [0.1, 0.15) is 25.7 Å². The fraction of sp³-hybridized carbons (Fsp3) is 0.857. The van der Waals surface area contributed by atoms with Gasteiger partial charge in [-0.25, -0.2) is 0 Å². The molecule has 46 valence electrons. The molecule has 0 unspecified atom stereocenters. The van der Waals surface area contributed by atoms with Gasteiger partial charge in [-0.15, -0.1) is 0 Å². The first-order chi connectivity index (χ1) is 3.80. The van der Waals surface area contributed by atoms with Crippen molar-refractivity contribution in [3.05, 3.63) is 6.92 Å². The molecule has 8 heavy (non-hydrogen) atoms. The summed E-state index contributed by atoms with van der Waals surface area (Å²) in [5.74, 6) is 0.531. The van der Waals surface area contributed by atoms with Gasteiger partial charge in [-0.1, -0.05) is 6.42 Å². The standard InChI is InChI=1S/C7H14N/c1-6-4-2-3-5-7(6)8/h6-7H,1-5,8H2/q+1/t6-,7-/m0/s1. The van der Waals surface area contributed by atoms with Crippen molar-refractivity contribution in [3.63, 3.8) is 0 Å². The fourth-order valence-corrected chi connectivity index (χ4v) is 1.24. The average Bonchev–Trinajstić information content (AvgIpc) is 1.77. The van der Waals surface area contributed by atoms with Crippen molar-refractivity contribution in [2.75, 3.05) is 0 Å². The minimum absolute atomic E-state index is 0.392. The normalized spacial score (nSPS) is 39.6. The van der Waals surface area contributed by atoms with Crippen LogP contribution in [-0.4, -0.2) is 6.04 Å². The highest BCUT2D eigenvalue weighted by Crippen LogP contribution is 2.21. The Labute approximate surface area is 51.3 Å². The van der Waals surface area contributed by atoms with Crippen LogP contribution >= 0.6 is 0 Å². The Hall–Kier alpha value is -0.170. The lowest BCUT2D eigenvalue weighted by atomic mass is 9.87. The van der Waals surface area contributed by atoms with E-state index in [-0.39, 0.29) is 0 Å². The highest BCUT2D eigenvalue weighted by Gasteiger charge is 2.21. The van der Waals surface area contributed by atoms with Crippen molar-refractivity contribution in [1.29, 1.82) is 0 Å². The van der Waals surface area contributed by atoms with Crippen LogP contribution in [-0.2, 0) is 0 Å². The van der Waals surface area contributed by atoms with E-state index >= 15 is 0 Å². The molecule has 1 fully saturated rings. The second kappa shape index (κ2) is 2.40. The van der Waals surface area contributed by atoms with E-state index in [1.54, 1.807) is 0 Å². The highest BCUT2D eigenvalue weighted by atomic mass is 14.6. The summed E-state index contributed by atoms with van der Waals surface area (Å²) >= 11 is 0. The third kappa shape index (κ3) is 1.16. The van der Waals surface area contributed by atoms with E-state index in [0.717, 1.165) is 0 Å². The Morgan fingerprint density at radius 1 is 1.25 bits per heavy atom. The summed E-state index contributed by atoms with van der Waals surface area (Å²) in [4.78, 5) is 0. The lowest BCUT2D eigenvalue weighted by Gasteiger charge is -2.19. The zero-order chi connectivity index (χ0) is 5.98. The largest absolute Gasteiger partial charge is 0.324 e. The maximum atomic E-state index is 5.72. The summed E-state index contributed by atoms with van der Waals surface area (Å²) in [5.41, 5.74) is 5.72. The van der Waals surface area contributed by atoms with Gasteiger partial charge in [0.05, 0.1) is 6.92 Å². The van der Waals surface area contributed by atoms with Gasteiger partial charge >= 0.3 is 0 Å². The van der Waals surface area contributed by atoms with Crippen LogP contribution < -0.4 is 5.73 Å². The maximum absolute atomic E-state index is 5.72. The molecule has 0 radical (unpaired) electrons. The van der Waals surface area contributed by atoms with Gasteiger partial charge in [-0.2, -0.15) is 0 Å². The minimum atomic E-state index is 0.392. The van der Waals surface area contributed by atoms with Crippen molar-refractivity contribution >= 4 is 0 Å². The Morgan fingerprint density at radius 3 is 2.25 bits per heavy atom. The minimum Gasteiger partial charge on any atom is -0.324 e. The third-order valence-corrected chi connectivity index (χ3v) is 1.97. The predicted molar refractivity (Wildman–Crippen MR) is 35.3 cm³/mol. The maximum Gasteiger partial charge on any atom is 0.110 e. The van der Waals surface area contributed by atoms with Gasteiger partial charge in [0.15, 0.2) is 0 Å². The van der Waals surface area contributed by atoms with Crippen molar-refractivity contribution in [2.24, 2.45) is 11.7 Å². The molecule has 0 amide bonds. The molecule has 1 aliphatic rings. The van der Waals surface area contributed by atoms with Crippen LogP contribution in [0, 0.1) is 12.8 Å². The monoisotopic (exact) mass is 112 g/mol. The molecule has 1 rings (SSSR count). The molecule has 2 N–H and O–H groups in total. The summed E-state index contributed by atoms with van der Waals surface area (Å²) in [7, 11) is 0. The molecule has 1 nitrogen and oxygen atoms in total. The number of nitrogens with two attached hydrogens (primary N) is 1.